The number of benzene rings is 1. The first kappa shape index (κ1) is 15.3. The summed E-state index contributed by atoms with van der Waals surface area (Å²) in [4.78, 5) is 12.3. The number of hydrogen-bond donors (Lipinski definition) is 1. The number of nitrogens with zero attached hydrogens (tertiary/aromatic N) is 1. The molecule has 0 unspecified atom stereocenters. The van der Waals surface area contributed by atoms with Gasteiger partial charge in [-0.15, -0.1) is 6.42 Å². The highest BCUT2D eigenvalue weighted by molar-refractivity contribution is 7.99. The summed E-state index contributed by atoms with van der Waals surface area (Å²) >= 11 is 1.81. The average Bonchev–Trinajstić information content (AvgIpc) is 2.54. The Balaban J connectivity index is 2.03. The number of nitrogens with one attached hydrogen (secondary N) is 1. The van der Waals surface area contributed by atoms with Crippen molar-refractivity contribution in [2.45, 2.75) is 18.4 Å². The molecule has 1 aromatic rings. The van der Waals surface area contributed by atoms with E-state index in [0.29, 0.717) is 24.2 Å². The van der Waals surface area contributed by atoms with Crippen molar-refractivity contribution < 1.29 is 9.53 Å². The third kappa shape index (κ3) is 3.93. The van der Waals surface area contributed by atoms with Crippen molar-refractivity contribution in [3.63, 3.8) is 0 Å². The standard InChI is InChI=1S/C16H16N2O2S/c1-2-9-20-14-5-3-13(4-6-14)15(19)18-16(12-17)7-10-21-11-8-16/h1,3-6H,7-11H2,(H,18,19). The molecular formula is C16H16N2O2S. The molecule has 1 aliphatic rings. The van der Waals surface area contributed by atoms with Gasteiger partial charge in [-0.25, -0.2) is 0 Å². The number of carbonyl (C=O) groups is 1. The average molecular weight is 300 g/mol. The van der Waals surface area contributed by atoms with Gasteiger partial charge in [0, 0.05) is 5.56 Å². The molecular weight excluding hydrogens is 284 g/mol. The quantitative estimate of drug-likeness (QED) is 0.866. The molecule has 1 saturated heterocycles. The molecule has 0 bridgehead atoms. The summed E-state index contributed by atoms with van der Waals surface area (Å²) in [6.45, 7) is 0.195. The van der Waals surface area contributed by atoms with Crippen molar-refractivity contribution >= 4 is 17.7 Å². The maximum atomic E-state index is 12.3. The van der Waals surface area contributed by atoms with E-state index < -0.39 is 5.54 Å². The Morgan fingerprint density at radius 2 is 2.05 bits per heavy atom. The maximum absolute atomic E-state index is 12.3. The van der Waals surface area contributed by atoms with Crippen molar-refractivity contribution in [2.24, 2.45) is 0 Å². The van der Waals surface area contributed by atoms with Crippen LogP contribution >= 0.6 is 11.8 Å². The monoisotopic (exact) mass is 300 g/mol. The van der Waals surface area contributed by atoms with E-state index in [2.05, 4.69) is 17.3 Å². The highest BCUT2D eigenvalue weighted by Crippen LogP contribution is 2.27. The van der Waals surface area contributed by atoms with Crippen LogP contribution in [0.2, 0.25) is 0 Å². The van der Waals surface area contributed by atoms with Crippen LogP contribution in [0.3, 0.4) is 0 Å². The van der Waals surface area contributed by atoms with Crippen LogP contribution in [0.5, 0.6) is 5.75 Å². The predicted molar refractivity (Wildman–Crippen MR) is 83.1 cm³/mol. The third-order valence-corrected chi connectivity index (χ3v) is 4.34. The molecule has 0 atom stereocenters. The van der Waals surface area contributed by atoms with Crippen molar-refractivity contribution in [1.29, 1.82) is 5.26 Å². The molecule has 0 spiro atoms. The third-order valence-electron chi connectivity index (χ3n) is 3.35. The molecule has 4 nitrogen and oxygen atoms in total. The van der Waals surface area contributed by atoms with Crippen LogP contribution in [0.4, 0.5) is 0 Å². The lowest BCUT2D eigenvalue weighted by Gasteiger charge is -2.31. The number of carbonyl (C=O) groups excluding carboxylic acids is 1. The van der Waals surface area contributed by atoms with Gasteiger partial charge in [-0.3, -0.25) is 4.79 Å². The van der Waals surface area contributed by atoms with Crippen LogP contribution in [0.15, 0.2) is 24.3 Å². The molecule has 0 saturated carbocycles. The van der Waals surface area contributed by atoms with Crippen molar-refractivity contribution in [3.05, 3.63) is 29.8 Å². The van der Waals surface area contributed by atoms with E-state index in [0.717, 1.165) is 11.5 Å². The Labute approximate surface area is 128 Å². The first-order valence-electron chi connectivity index (χ1n) is 6.67. The SMILES string of the molecule is C#CCOc1ccc(C(=O)NC2(C#N)CCSCC2)cc1. The molecule has 1 amide bonds. The van der Waals surface area contributed by atoms with Crippen LogP contribution in [-0.4, -0.2) is 29.6 Å². The minimum atomic E-state index is -0.735. The lowest BCUT2D eigenvalue weighted by molar-refractivity contribution is 0.0915. The van der Waals surface area contributed by atoms with Crippen LogP contribution in [0, 0.1) is 23.7 Å². The fraction of sp³-hybridized carbons (Fsp3) is 0.375. The zero-order valence-corrected chi connectivity index (χ0v) is 12.4. The number of rotatable bonds is 4. The van der Waals surface area contributed by atoms with Gasteiger partial charge >= 0.3 is 0 Å². The van der Waals surface area contributed by atoms with Crippen LogP contribution < -0.4 is 10.1 Å². The van der Waals surface area contributed by atoms with Crippen LogP contribution in [-0.2, 0) is 0 Å². The smallest absolute Gasteiger partial charge is 0.252 e. The first-order chi connectivity index (χ1) is 10.2. The molecule has 1 aromatic carbocycles. The number of terminal acetylenes is 1. The second kappa shape index (κ2) is 7.06. The van der Waals surface area contributed by atoms with E-state index in [1.165, 1.54) is 0 Å². The van der Waals surface area contributed by atoms with E-state index >= 15 is 0 Å². The number of ether oxygens (including phenoxy) is 1. The second-order valence-electron chi connectivity index (χ2n) is 4.78. The van der Waals surface area contributed by atoms with Crippen LogP contribution in [0.25, 0.3) is 0 Å². The summed E-state index contributed by atoms with van der Waals surface area (Å²) in [5.74, 6) is 4.56. The molecule has 21 heavy (non-hydrogen) atoms. The number of amides is 1. The summed E-state index contributed by atoms with van der Waals surface area (Å²) in [6, 6.07) is 9.00. The largest absolute Gasteiger partial charge is 0.481 e. The van der Waals surface area contributed by atoms with E-state index in [-0.39, 0.29) is 12.5 Å². The minimum absolute atomic E-state index is 0.195. The fourth-order valence-electron chi connectivity index (χ4n) is 2.10. The topological polar surface area (TPSA) is 62.1 Å². The molecule has 5 heteroatoms. The summed E-state index contributed by atoms with van der Waals surface area (Å²) in [7, 11) is 0. The summed E-state index contributed by atoms with van der Waals surface area (Å²) in [5, 5.41) is 12.2. The molecule has 0 aliphatic carbocycles. The normalized spacial score (nSPS) is 16.3. The van der Waals surface area contributed by atoms with E-state index in [9.17, 15) is 10.1 Å². The van der Waals surface area contributed by atoms with Gasteiger partial charge in [0.05, 0.1) is 6.07 Å². The molecule has 0 radical (unpaired) electrons. The Morgan fingerprint density at radius 3 is 2.62 bits per heavy atom. The minimum Gasteiger partial charge on any atom is -0.481 e. The first-order valence-corrected chi connectivity index (χ1v) is 7.82. The summed E-state index contributed by atoms with van der Waals surface area (Å²) < 4.78 is 5.26. The maximum Gasteiger partial charge on any atom is 0.252 e. The molecule has 1 heterocycles. The molecule has 0 aromatic heterocycles. The van der Waals surface area contributed by atoms with Gasteiger partial charge in [0.2, 0.25) is 0 Å². The zero-order valence-electron chi connectivity index (χ0n) is 11.6. The number of hydrogen-bond acceptors (Lipinski definition) is 4. The summed E-state index contributed by atoms with van der Waals surface area (Å²) in [5.41, 5.74) is -0.225. The van der Waals surface area contributed by atoms with Gasteiger partial charge in [-0.2, -0.15) is 17.0 Å². The van der Waals surface area contributed by atoms with Gasteiger partial charge in [0.1, 0.15) is 17.9 Å². The highest BCUT2D eigenvalue weighted by Gasteiger charge is 2.34. The number of nitriles is 1. The predicted octanol–water partition coefficient (Wildman–Crippen LogP) is 2.22. The van der Waals surface area contributed by atoms with Gasteiger partial charge < -0.3 is 10.1 Å². The van der Waals surface area contributed by atoms with E-state index in [4.69, 9.17) is 11.2 Å². The van der Waals surface area contributed by atoms with Crippen molar-refractivity contribution in [3.8, 4) is 24.2 Å². The van der Waals surface area contributed by atoms with Crippen molar-refractivity contribution in [2.75, 3.05) is 18.1 Å². The van der Waals surface area contributed by atoms with E-state index in [1.807, 2.05) is 11.8 Å². The Hall–Kier alpha value is -2.11. The molecule has 1 N–H and O–H groups in total. The van der Waals surface area contributed by atoms with E-state index in [1.54, 1.807) is 24.3 Å². The highest BCUT2D eigenvalue weighted by atomic mass is 32.2. The zero-order chi connectivity index (χ0) is 15.1. The molecule has 1 aliphatic heterocycles. The van der Waals surface area contributed by atoms with Gasteiger partial charge in [-0.05, 0) is 48.6 Å². The number of thioether (sulfide) groups is 1. The lowest BCUT2D eigenvalue weighted by atomic mass is 9.93. The van der Waals surface area contributed by atoms with Gasteiger partial charge in [-0.1, -0.05) is 5.92 Å². The summed E-state index contributed by atoms with van der Waals surface area (Å²) in [6.07, 6.45) is 6.48. The van der Waals surface area contributed by atoms with Crippen molar-refractivity contribution in [1.82, 2.24) is 5.32 Å². The van der Waals surface area contributed by atoms with Gasteiger partial charge in [0.25, 0.3) is 5.91 Å². The van der Waals surface area contributed by atoms with Crippen LogP contribution in [0.1, 0.15) is 23.2 Å². The van der Waals surface area contributed by atoms with Gasteiger partial charge in [0.15, 0.2) is 0 Å². The Bertz CT molecular complexity index is 578. The fourth-order valence-corrected chi connectivity index (χ4v) is 3.29. The molecule has 108 valence electrons. The lowest BCUT2D eigenvalue weighted by Crippen LogP contribution is -2.49. The molecule has 1 fully saturated rings. The Morgan fingerprint density at radius 1 is 1.38 bits per heavy atom. The molecule has 2 rings (SSSR count). The Kier molecular flexibility index (Phi) is 5.14. The second-order valence-corrected chi connectivity index (χ2v) is 6.00.